The number of fused-ring (bicyclic) bond motifs is 1. The van der Waals surface area contributed by atoms with E-state index < -0.39 is 11.7 Å². The minimum Gasteiger partial charge on any atom is -0.248 e. The van der Waals surface area contributed by atoms with E-state index in [0.717, 1.165) is 12.1 Å². The second kappa shape index (κ2) is 4.00. The van der Waals surface area contributed by atoms with Gasteiger partial charge in [-0.15, -0.1) is 0 Å². The molecule has 1 nitrogen and oxygen atoms in total. The van der Waals surface area contributed by atoms with Gasteiger partial charge in [-0.05, 0) is 44.0 Å². The summed E-state index contributed by atoms with van der Waals surface area (Å²) in [6, 6.07) is 3.55. The molecule has 0 amide bonds. The molecule has 0 aliphatic carbocycles. The lowest BCUT2D eigenvalue weighted by molar-refractivity contribution is -0.137. The summed E-state index contributed by atoms with van der Waals surface area (Å²) in [5.41, 5.74) is -0.668. The van der Waals surface area contributed by atoms with Crippen molar-refractivity contribution in [1.29, 1.82) is 0 Å². The Morgan fingerprint density at radius 1 is 1.06 bits per heavy atom. The van der Waals surface area contributed by atoms with Crippen LogP contribution in [0.15, 0.2) is 33.5 Å². The van der Waals surface area contributed by atoms with Gasteiger partial charge in [0, 0.05) is 21.4 Å². The Bertz CT molecular complexity index is 551. The topological polar surface area (TPSA) is 12.9 Å². The largest absolute Gasteiger partial charge is 0.416 e. The monoisotopic (exact) mass is 353 g/mol. The number of hydrogen-bond acceptors (Lipinski definition) is 1. The van der Waals surface area contributed by atoms with E-state index in [2.05, 4.69) is 36.8 Å². The molecular weight excluding hydrogens is 351 g/mol. The zero-order chi connectivity index (χ0) is 11.9. The molecule has 84 valence electrons. The van der Waals surface area contributed by atoms with E-state index in [9.17, 15) is 13.2 Å². The molecule has 0 spiro atoms. The number of benzene rings is 1. The van der Waals surface area contributed by atoms with Crippen LogP contribution < -0.4 is 0 Å². The Morgan fingerprint density at radius 2 is 1.75 bits per heavy atom. The highest BCUT2D eigenvalue weighted by molar-refractivity contribution is 9.11. The number of nitrogens with zero attached hydrogens (tertiary/aromatic N) is 1. The molecular formula is C10H4Br2F3N. The van der Waals surface area contributed by atoms with E-state index in [0.29, 0.717) is 19.8 Å². The summed E-state index contributed by atoms with van der Waals surface area (Å²) < 4.78 is 38.6. The number of pyridine rings is 1. The van der Waals surface area contributed by atoms with Crippen LogP contribution in [0.2, 0.25) is 0 Å². The van der Waals surface area contributed by atoms with Gasteiger partial charge in [0.25, 0.3) is 0 Å². The molecule has 2 aromatic rings. The minimum atomic E-state index is -4.33. The number of alkyl halides is 3. The molecule has 0 unspecified atom stereocenters. The predicted octanol–water partition coefficient (Wildman–Crippen LogP) is 4.78. The summed E-state index contributed by atoms with van der Waals surface area (Å²) in [6.07, 6.45) is -2.87. The van der Waals surface area contributed by atoms with Gasteiger partial charge in [-0.25, -0.2) is 4.98 Å². The van der Waals surface area contributed by atoms with E-state index in [4.69, 9.17) is 0 Å². The van der Waals surface area contributed by atoms with Gasteiger partial charge in [-0.2, -0.15) is 13.2 Å². The summed E-state index contributed by atoms with van der Waals surface area (Å²) in [7, 11) is 0. The van der Waals surface area contributed by atoms with Crippen LogP contribution in [-0.2, 0) is 6.18 Å². The lowest BCUT2D eigenvalue weighted by Gasteiger charge is -2.09. The first-order valence-electron chi connectivity index (χ1n) is 4.20. The van der Waals surface area contributed by atoms with Gasteiger partial charge in [-0.1, -0.05) is 6.07 Å². The van der Waals surface area contributed by atoms with Crippen molar-refractivity contribution in [3.05, 3.63) is 39.0 Å². The lowest BCUT2D eigenvalue weighted by Crippen LogP contribution is -2.04. The molecule has 1 aromatic carbocycles. The number of hydrogen-bond donors (Lipinski definition) is 0. The second-order valence-corrected chi connectivity index (χ2v) is 4.76. The average molecular weight is 355 g/mol. The molecule has 0 saturated carbocycles. The smallest absolute Gasteiger partial charge is 0.248 e. The van der Waals surface area contributed by atoms with Crippen LogP contribution in [0.3, 0.4) is 0 Å². The Labute approximate surface area is 106 Å². The van der Waals surface area contributed by atoms with Crippen molar-refractivity contribution < 1.29 is 13.2 Å². The van der Waals surface area contributed by atoms with Crippen molar-refractivity contribution in [2.24, 2.45) is 0 Å². The summed E-state index contributed by atoms with van der Waals surface area (Å²) >= 11 is 6.37. The maximum absolute atomic E-state index is 12.5. The Morgan fingerprint density at radius 3 is 2.38 bits per heavy atom. The van der Waals surface area contributed by atoms with Gasteiger partial charge in [0.1, 0.15) is 4.60 Å². The SMILES string of the molecule is FC(F)(F)c1ccc2c(Br)ncc(Br)c2c1. The summed E-state index contributed by atoms with van der Waals surface area (Å²) in [4.78, 5) is 3.99. The van der Waals surface area contributed by atoms with Crippen LogP contribution in [0.4, 0.5) is 13.2 Å². The molecule has 1 aromatic heterocycles. The van der Waals surface area contributed by atoms with Gasteiger partial charge in [0.05, 0.1) is 5.56 Å². The Balaban J connectivity index is 2.76. The normalized spacial score (nSPS) is 12.1. The zero-order valence-electron chi connectivity index (χ0n) is 7.65. The summed E-state index contributed by atoms with van der Waals surface area (Å²) in [5.74, 6) is 0. The average Bonchev–Trinajstić information content (AvgIpc) is 2.22. The van der Waals surface area contributed by atoms with E-state index in [1.54, 1.807) is 0 Å². The highest BCUT2D eigenvalue weighted by atomic mass is 79.9. The van der Waals surface area contributed by atoms with Crippen LogP contribution in [0.1, 0.15) is 5.56 Å². The van der Waals surface area contributed by atoms with Gasteiger partial charge in [0.15, 0.2) is 0 Å². The summed E-state index contributed by atoms with van der Waals surface area (Å²) in [5, 5.41) is 1.12. The first kappa shape index (κ1) is 11.9. The van der Waals surface area contributed by atoms with Gasteiger partial charge < -0.3 is 0 Å². The van der Waals surface area contributed by atoms with Crippen molar-refractivity contribution in [3.8, 4) is 0 Å². The van der Waals surface area contributed by atoms with Crippen LogP contribution in [-0.4, -0.2) is 4.98 Å². The van der Waals surface area contributed by atoms with E-state index >= 15 is 0 Å². The fraction of sp³-hybridized carbons (Fsp3) is 0.100. The molecule has 0 fully saturated rings. The fourth-order valence-electron chi connectivity index (χ4n) is 1.35. The Kier molecular flexibility index (Phi) is 2.96. The van der Waals surface area contributed by atoms with Crippen LogP contribution in [0.25, 0.3) is 10.8 Å². The van der Waals surface area contributed by atoms with Gasteiger partial charge >= 0.3 is 6.18 Å². The molecule has 0 N–H and O–H groups in total. The van der Waals surface area contributed by atoms with Crippen molar-refractivity contribution in [3.63, 3.8) is 0 Å². The van der Waals surface area contributed by atoms with E-state index in [1.165, 1.54) is 12.3 Å². The maximum atomic E-state index is 12.5. The predicted molar refractivity (Wildman–Crippen MR) is 62.1 cm³/mol. The third-order valence-electron chi connectivity index (χ3n) is 2.12. The third-order valence-corrected chi connectivity index (χ3v) is 3.38. The fourth-order valence-corrected chi connectivity index (χ4v) is 2.23. The molecule has 0 atom stereocenters. The number of aromatic nitrogens is 1. The number of halogens is 5. The van der Waals surface area contributed by atoms with Gasteiger partial charge in [-0.3, -0.25) is 0 Å². The molecule has 1 heterocycles. The highest BCUT2D eigenvalue weighted by Gasteiger charge is 2.30. The minimum absolute atomic E-state index is 0.483. The van der Waals surface area contributed by atoms with Crippen LogP contribution in [0.5, 0.6) is 0 Å². The second-order valence-electron chi connectivity index (χ2n) is 3.16. The third kappa shape index (κ3) is 2.08. The molecule has 2 rings (SSSR count). The van der Waals surface area contributed by atoms with Crippen molar-refractivity contribution >= 4 is 42.6 Å². The van der Waals surface area contributed by atoms with Crippen molar-refractivity contribution in [1.82, 2.24) is 4.98 Å². The zero-order valence-corrected chi connectivity index (χ0v) is 10.8. The molecule has 16 heavy (non-hydrogen) atoms. The van der Waals surface area contributed by atoms with Crippen molar-refractivity contribution in [2.75, 3.05) is 0 Å². The number of rotatable bonds is 0. The Hall–Kier alpha value is -0.620. The van der Waals surface area contributed by atoms with Crippen molar-refractivity contribution in [2.45, 2.75) is 6.18 Å². The maximum Gasteiger partial charge on any atom is 0.416 e. The first-order chi connectivity index (χ1) is 7.39. The van der Waals surface area contributed by atoms with Crippen LogP contribution in [0, 0.1) is 0 Å². The molecule has 6 heteroatoms. The van der Waals surface area contributed by atoms with Crippen LogP contribution >= 0.6 is 31.9 Å². The van der Waals surface area contributed by atoms with E-state index in [-0.39, 0.29) is 0 Å². The molecule has 0 aliphatic heterocycles. The standard InChI is InChI=1S/C10H4Br2F3N/c11-8-4-16-9(12)6-2-1-5(3-7(6)8)10(13,14)15/h1-4H. The highest BCUT2D eigenvalue weighted by Crippen LogP contribution is 2.35. The first-order valence-corrected chi connectivity index (χ1v) is 5.79. The summed E-state index contributed by atoms with van der Waals surface area (Å²) in [6.45, 7) is 0. The molecule has 0 aliphatic rings. The van der Waals surface area contributed by atoms with E-state index in [1.807, 2.05) is 0 Å². The molecule has 0 radical (unpaired) electrons. The quantitative estimate of drug-likeness (QED) is 0.620. The molecule has 0 bridgehead atoms. The molecule has 0 saturated heterocycles. The van der Waals surface area contributed by atoms with Gasteiger partial charge in [0.2, 0.25) is 0 Å². The lowest BCUT2D eigenvalue weighted by atomic mass is 10.1.